The van der Waals surface area contributed by atoms with Crippen LogP contribution in [0.5, 0.6) is 17.2 Å². The molecule has 2 N–H and O–H groups in total. The Morgan fingerprint density at radius 3 is 2.50 bits per heavy atom. The van der Waals surface area contributed by atoms with Crippen molar-refractivity contribution < 1.29 is 14.6 Å². The van der Waals surface area contributed by atoms with Crippen LogP contribution in [0.15, 0.2) is 54.6 Å². The van der Waals surface area contributed by atoms with E-state index in [0.29, 0.717) is 13.2 Å². The SMILES string of the molecule is C[C@H](O)CNCCCOc1cccc(Oc2ccccc2)c1. The fraction of sp³-hybridized carbons (Fsp3) is 0.333. The van der Waals surface area contributed by atoms with Gasteiger partial charge in [0.2, 0.25) is 0 Å². The first kappa shape index (κ1) is 16.3. The molecule has 0 spiro atoms. The monoisotopic (exact) mass is 301 g/mol. The first-order valence-electron chi connectivity index (χ1n) is 7.58. The van der Waals surface area contributed by atoms with Crippen molar-refractivity contribution in [3.8, 4) is 17.2 Å². The van der Waals surface area contributed by atoms with Crippen molar-refractivity contribution >= 4 is 0 Å². The Morgan fingerprint density at radius 2 is 1.73 bits per heavy atom. The highest BCUT2D eigenvalue weighted by Crippen LogP contribution is 2.24. The van der Waals surface area contributed by atoms with Gasteiger partial charge in [-0.15, -0.1) is 0 Å². The van der Waals surface area contributed by atoms with Crippen LogP contribution >= 0.6 is 0 Å². The predicted octanol–water partition coefficient (Wildman–Crippen LogP) is 3.22. The summed E-state index contributed by atoms with van der Waals surface area (Å²) in [6, 6.07) is 17.3. The maximum Gasteiger partial charge on any atom is 0.131 e. The summed E-state index contributed by atoms with van der Waals surface area (Å²) < 4.78 is 11.5. The number of benzene rings is 2. The van der Waals surface area contributed by atoms with Gasteiger partial charge >= 0.3 is 0 Å². The van der Waals surface area contributed by atoms with E-state index in [1.165, 1.54) is 0 Å². The topological polar surface area (TPSA) is 50.7 Å². The Hall–Kier alpha value is -2.04. The van der Waals surface area contributed by atoms with Crippen LogP contribution < -0.4 is 14.8 Å². The maximum atomic E-state index is 9.13. The van der Waals surface area contributed by atoms with Crippen LogP contribution in [0, 0.1) is 0 Å². The molecule has 1 atom stereocenters. The zero-order valence-electron chi connectivity index (χ0n) is 12.9. The summed E-state index contributed by atoms with van der Waals surface area (Å²) in [4.78, 5) is 0. The van der Waals surface area contributed by atoms with Crippen LogP contribution in [0.2, 0.25) is 0 Å². The molecule has 0 aromatic heterocycles. The van der Waals surface area contributed by atoms with Crippen LogP contribution in [0.25, 0.3) is 0 Å². The number of hydrogen-bond acceptors (Lipinski definition) is 4. The van der Waals surface area contributed by atoms with Crippen LogP contribution in [0.3, 0.4) is 0 Å². The van der Waals surface area contributed by atoms with Gasteiger partial charge < -0.3 is 19.9 Å². The normalized spacial score (nSPS) is 11.9. The Labute approximate surface area is 131 Å². The second-order valence-electron chi connectivity index (χ2n) is 5.15. The first-order valence-corrected chi connectivity index (χ1v) is 7.58. The summed E-state index contributed by atoms with van der Waals surface area (Å²) in [6.45, 7) is 3.83. The molecule has 0 aliphatic carbocycles. The average molecular weight is 301 g/mol. The highest BCUT2D eigenvalue weighted by molar-refractivity contribution is 5.36. The summed E-state index contributed by atoms with van der Waals surface area (Å²) in [7, 11) is 0. The van der Waals surface area contributed by atoms with E-state index >= 15 is 0 Å². The molecular weight excluding hydrogens is 278 g/mol. The third kappa shape index (κ3) is 6.16. The number of nitrogens with one attached hydrogen (secondary N) is 1. The molecule has 0 radical (unpaired) electrons. The van der Waals surface area contributed by atoms with E-state index in [1.807, 2.05) is 54.6 Å². The fourth-order valence-electron chi connectivity index (χ4n) is 1.95. The van der Waals surface area contributed by atoms with Gasteiger partial charge in [0.25, 0.3) is 0 Å². The zero-order chi connectivity index (χ0) is 15.6. The van der Waals surface area contributed by atoms with E-state index in [0.717, 1.165) is 30.2 Å². The third-order valence-electron chi connectivity index (χ3n) is 2.99. The molecule has 22 heavy (non-hydrogen) atoms. The van der Waals surface area contributed by atoms with Gasteiger partial charge in [-0.2, -0.15) is 0 Å². The molecule has 0 heterocycles. The largest absolute Gasteiger partial charge is 0.493 e. The van der Waals surface area contributed by atoms with Crippen LogP contribution in [0.4, 0.5) is 0 Å². The maximum absolute atomic E-state index is 9.13. The Balaban J connectivity index is 1.74. The molecule has 2 rings (SSSR count). The highest BCUT2D eigenvalue weighted by Gasteiger charge is 2.00. The molecule has 0 saturated carbocycles. The molecule has 0 bridgehead atoms. The summed E-state index contributed by atoms with van der Waals surface area (Å²) >= 11 is 0. The zero-order valence-corrected chi connectivity index (χ0v) is 12.9. The molecule has 0 amide bonds. The molecule has 0 aliphatic heterocycles. The number of hydrogen-bond donors (Lipinski definition) is 2. The fourth-order valence-corrected chi connectivity index (χ4v) is 1.95. The van der Waals surface area contributed by atoms with E-state index < -0.39 is 0 Å². The quantitative estimate of drug-likeness (QED) is 0.698. The number of ether oxygens (including phenoxy) is 2. The second-order valence-corrected chi connectivity index (χ2v) is 5.15. The minimum atomic E-state index is -0.312. The van der Waals surface area contributed by atoms with Crippen molar-refractivity contribution in [2.75, 3.05) is 19.7 Å². The van der Waals surface area contributed by atoms with E-state index in [-0.39, 0.29) is 6.10 Å². The number of aliphatic hydroxyl groups is 1. The van der Waals surface area contributed by atoms with Crippen molar-refractivity contribution in [2.45, 2.75) is 19.4 Å². The Kier molecular flexibility index (Phi) is 6.74. The summed E-state index contributed by atoms with van der Waals surface area (Å²) in [5.74, 6) is 2.36. The van der Waals surface area contributed by atoms with Gasteiger partial charge in [0, 0.05) is 12.6 Å². The van der Waals surface area contributed by atoms with Gasteiger partial charge in [-0.1, -0.05) is 24.3 Å². The molecule has 0 saturated heterocycles. The van der Waals surface area contributed by atoms with Gasteiger partial charge in [-0.3, -0.25) is 0 Å². The van der Waals surface area contributed by atoms with Crippen LogP contribution in [-0.4, -0.2) is 30.9 Å². The second kappa shape index (κ2) is 9.07. The predicted molar refractivity (Wildman–Crippen MR) is 87.6 cm³/mol. The van der Waals surface area contributed by atoms with Crippen molar-refractivity contribution in [3.63, 3.8) is 0 Å². The van der Waals surface area contributed by atoms with E-state index in [9.17, 15) is 0 Å². The van der Waals surface area contributed by atoms with Crippen LogP contribution in [-0.2, 0) is 0 Å². The van der Waals surface area contributed by atoms with Crippen LogP contribution in [0.1, 0.15) is 13.3 Å². The van der Waals surface area contributed by atoms with Gasteiger partial charge in [0.15, 0.2) is 0 Å². The Bertz CT molecular complexity index is 543. The van der Waals surface area contributed by atoms with E-state index in [1.54, 1.807) is 6.92 Å². The lowest BCUT2D eigenvalue weighted by Gasteiger charge is -2.10. The number of aliphatic hydroxyl groups excluding tert-OH is 1. The first-order chi connectivity index (χ1) is 10.7. The molecule has 2 aromatic rings. The molecule has 118 valence electrons. The van der Waals surface area contributed by atoms with Crippen molar-refractivity contribution in [1.29, 1.82) is 0 Å². The molecule has 0 aliphatic rings. The average Bonchev–Trinajstić information content (AvgIpc) is 2.52. The van der Waals surface area contributed by atoms with Crippen molar-refractivity contribution in [2.24, 2.45) is 0 Å². The number of para-hydroxylation sites is 1. The lowest BCUT2D eigenvalue weighted by atomic mass is 10.3. The Morgan fingerprint density at radius 1 is 1.00 bits per heavy atom. The smallest absolute Gasteiger partial charge is 0.131 e. The van der Waals surface area contributed by atoms with E-state index in [2.05, 4.69) is 5.32 Å². The number of rotatable bonds is 9. The van der Waals surface area contributed by atoms with E-state index in [4.69, 9.17) is 14.6 Å². The molecule has 0 unspecified atom stereocenters. The minimum Gasteiger partial charge on any atom is -0.493 e. The minimum absolute atomic E-state index is 0.312. The van der Waals surface area contributed by atoms with Gasteiger partial charge in [-0.25, -0.2) is 0 Å². The standard InChI is InChI=1S/C18H23NO3/c1-15(20)14-19-11-6-12-21-17-9-5-10-18(13-17)22-16-7-3-2-4-8-16/h2-5,7-10,13,15,19-20H,6,11-12,14H2,1H3/t15-/m0/s1. The van der Waals surface area contributed by atoms with Crippen molar-refractivity contribution in [3.05, 3.63) is 54.6 Å². The molecule has 4 heteroatoms. The van der Waals surface area contributed by atoms with Gasteiger partial charge in [0.05, 0.1) is 12.7 Å². The van der Waals surface area contributed by atoms with Gasteiger partial charge in [-0.05, 0) is 44.2 Å². The summed E-state index contributed by atoms with van der Waals surface area (Å²) in [6.07, 6.45) is 0.573. The lowest BCUT2D eigenvalue weighted by Crippen LogP contribution is -2.26. The molecular formula is C18H23NO3. The lowest BCUT2D eigenvalue weighted by molar-refractivity contribution is 0.190. The molecule has 0 fully saturated rings. The highest BCUT2D eigenvalue weighted by atomic mass is 16.5. The third-order valence-corrected chi connectivity index (χ3v) is 2.99. The summed E-state index contributed by atoms with van der Waals surface area (Å²) in [5, 5.41) is 12.3. The molecule has 2 aromatic carbocycles. The molecule has 4 nitrogen and oxygen atoms in total. The summed E-state index contributed by atoms with van der Waals surface area (Å²) in [5.41, 5.74) is 0. The van der Waals surface area contributed by atoms with Crippen molar-refractivity contribution in [1.82, 2.24) is 5.32 Å². The van der Waals surface area contributed by atoms with Gasteiger partial charge in [0.1, 0.15) is 17.2 Å².